The van der Waals surface area contributed by atoms with E-state index in [2.05, 4.69) is 4.98 Å². The summed E-state index contributed by atoms with van der Waals surface area (Å²) in [5.41, 5.74) is 0.798. The van der Waals surface area contributed by atoms with Crippen molar-refractivity contribution >= 4 is 22.8 Å². The molecule has 1 saturated carbocycles. The molecule has 0 aliphatic heterocycles. The molecule has 110 valence electrons. The Morgan fingerprint density at radius 1 is 1.48 bits per heavy atom. The van der Waals surface area contributed by atoms with E-state index in [-0.39, 0.29) is 17.6 Å². The van der Waals surface area contributed by atoms with Gasteiger partial charge in [-0.2, -0.15) is 0 Å². The number of aryl methyl sites for hydroxylation is 1. The Kier molecular flexibility index (Phi) is 3.13. The molecule has 2 N–H and O–H groups in total. The second kappa shape index (κ2) is 4.85. The van der Waals surface area contributed by atoms with Crippen LogP contribution in [0.25, 0.3) is 11.0 Å². The molecule has 0 unspecified atom stereocenters. The van der Waals surface area contributed by atoms with Crippen LogP contribution < -0.4 is 21.1 Å². The zero-order valence-electron chi connectivity index (χ0n) is 11.9. The number of nitrogens with zero attached hydrogens (tertiary/aromatic N) is 3. The topological polar surface area (TPSA) is 90.4 Å². The summed E-state index contributed by atoms with van der Waals surface area (Å²) in [6.07, 6.45) is 1.63. The molecule has 21 heavy (non-hydrogen) atoms. The van der Waals surface area contributed by atoms with Crippen LogP contribution in [0, 0.1) is 5.92 Å². The lowest BCUT2D eigenvalue weighted by Gasteiger charge is -2.16. The monoisotopic (exact) mass is 288 g/mol. The van der Waals surface area contributed by atoms with E-state index in [4.69, 9.17) is 10.6 Å². The maximum Gasteiger partial charge on any atom is 0.295 e. The van der Waals surface area contributed by atoms with Crippen LogP contribution in [0.4, 0.5) is 5.82 Å². The minimum absolute atomic E-state index is 0.0600. The number of anilines is 1. The van der Waals surface area contributed by atoms with Crippen molar-refractivity contribution < 1.29 is 9.53 Å². The smallest absolute Gasteiger partial charge is 0.295 e. The van der Waals surface area contributed by atoms with Gasteiger partial charge in [0.15, 0.2) is 0 Å². The predicted molar refractivity (Wildman–Crippen MR) is 77.9 cm³/mol. The number of benzene rings is 1. The fourth-order valence-corrected chi connectivity index (χ4v) is 2.21. The lowest BCUT2D eigenvalue weighted by molar-refractivity contribution is -0.119. The lowest BCUT2D eigenvalue weighted by atomic mass is 10.2. The second-order valence-electron chi connectivity index (χ2n) is 5.14. The number of hydrazine groups is 1. The van der Waals surface area contributed by atoms with Gasteiger partial charge >= 0.3 is 0 Å². The molecule has 1 aliphatic rings. The molecule has 2 aromatic rings. The van der Waals surface area contributed by atoms with Gasteiger partial charge in [0, 0.05) is 19.0 Å². The first-order valence-corrected chi connectivity index (χ1v) is 6.66. The van der Waals surface area contributed by atoms with Crippen LogP contribution in [0.5, 0.6) is 5.75 Å². The van der Waals surface area contributed by atoms with E-state index in [1.165, 1.54) is 4.57 Å². The Morgan fingerprint density at radius 3 is 2.81 bits per heavy atom. The van der Waals surface area contributed by atoms with Crippen LogP contribution in [0.15, 0.2) is 23.0 Å². The number of carbonyl (C=O) groups excluding carboxylic acids is 1. The number of hydrogen-bond acceptors (Lipinski definition) is 5. The van der Waals surface area contributed by atoms with Gasteiger partial charge in [-0.15, -0.1) is 0 Å². The standard InChI is InChI=1S/C14H16N4O3/c1-17-11-6-5-9(21-2)7-10(11)16-12(14(17)20)18(15)13(19)8-3-4-8/h5-8H,3-4,15H2,1-2H3. The average Bonchev–Trinajstić information content (AvgIpc) is 3.33. The van der Waals surface area contributed by atoms with Crippen LogP contribution >= 0.6 is 0 Å². The van der Waals surface area contributed by atoms with Crippen molar-refractivity contribution in [3.63, 3.8) is 0 Å². The number of nitrogens with two attached hydrogens (primary N) is 1. The zero-order valence-corrected chi connectivity index (χ0v) is 11.9. The van der Waals surface area contributed by atoms with Crippen molar-refractivity contribution in [3.8, 4) is 5.75 Å². The van der Waals surface area contributed by atoms with Gasteiger partial charge in [-0.1, -0.05) is 0 Å². The molecular weight excluding hydrogens is 272 g/mol. The molecule has 7 heteroatoms. The molecule has 1 fully saturated rings. The van der Waals surface area contributed by atoms with Gasteiger partial charge in [-0.25, -0.2) is 15.8 Å². The summed E-state index contributed by atoms with van der Waals surface area (Å²) in [5, 5.41) is 0.874. The third kappa shape index (κ3) is 2.25. The van der Waals surface area contributed by atoms with Crippen molar-refractivity contribution in [2.45, 2.75) is 12.8 Å². The van der Waals surface area contributed by atoms with Gasteiger partial charge in [0.05, 0.1) is 18.1 Å². The van der Waals surface area contributed by atoms with E-state index in [1.54, 1.807) is 32.4 Å². The van der Waals surface area contributed by atoms with Crippen molar-refractivity contribution in [1.82, 2.24) is 9.55 Å². The van der Waals surface area contributed by atoms with Gasteiger partial charge < -0.3 is 9.30 Å². The molecule has 0 spiro atoms. The highest BCUT2D eigenvalue weighted by Crippen LogP contribution is 2.31. The van der Waals surface area contributed by atoms with E-state index < -0.39 is 5.56 Å². The highest BCUT2D eigenvalue weighted by atomic mass is 16.5. The highest BCUT2D eigenvalue weighted by molar-refractivity contribution is 5.95. The lowest BCUT2D eigenvalue weighted by Crippen LogP contribution is -2.43. The zero-order chi connectivity index (χ0) is 15.1. The summed E-state index contributed by atoms with van der Waals surface area (Å²) in [5.74, 6) is 6.01. The minimum atomic E-state index is -0.399. The molecule has 1 aliphatic carbocycles. The number of fused-ring (bicyclic) bond motifs is 1. The SMILES string of the molecule is COc1ccc2c(c1)nc(N(N)C(=O)C1CC1)c(=O)n2C. The quantitative estimate of drug-likeness (QED) is 0.506. The molecule has 1 amide bonds. The highest BCUT2D eigenvalue weighted by Gasteiger charge is 2.34. The van der Waals surface area contributed by atoms with Gasteiger partial charge in [0.1, 0.15) is 5.75 Å². The first-order chi connectivity index (χ1) is 10.0. The summed E-state index contributed by atoms with van der Waals surface area (Å²) < 4.78 is 6.58. The number of hydrogen-bond donors (Lipinski definition) is 1. The van der Waals surface area contributed by atoms with E-state index in [9.17, 15) is 9.59 Å². The van der Waals surface area contributed by atoms with Gasteiger partial charge in [0.2, 0.25) is 11.7 Å². The first-order valence-electron chi connectivity index (χ1n) is 6.66. The number of amides is 1. The van der Waals surface area contributed by atoms with Crippen molar-refractivity contribution in [1.29, 1.82) is 0 Å². The summed E-state index contributed by atoms with van der Waals surface area (Å²) >= 11 is 0. The summed E-state index contributed by atoms with van der Waals surface area (Å²) in [6.45, 7) is 0. The molecule has 0 bridgehead atoms. The maximum atomic E-state index is 12.3. The molecule has 1 aromatic heterocycles. The Labute approximate surface area is 120 Å². The molecule has 1 aromatic carbocycles. The molecule has 0 saturated heterocycles. The maximum absolute atomic E-state index is 12.3. The Morgan fingerprint density at radius 2 is 2.19 bits per heavy atom. The Hall–Kier alpha value is -2.41. The van der Waals surface area contributed by atoms with Crippen LogP contribution in [0.1, 0.15) is 12.8 Å². The fraction of sp³-hybridized carbons (Fsp3) is 0.357. The van der Waals surface area contributed by atoms with E-state index in [0.717, 1.165) is 17.9 Å². The first kappa shape index (κ1) is 13.6. The summed E-state index contributed by atoms with van der Waals surface area (Å²) in [6, 6.07) is 5.20. The van der Waals surface area contributed by atoms with Crippen LogP contribution in [0.3, 0.4) is 0 Å². The van der Waals surface area contributed by atoms with Crippen LogP contribution in [-0.2, 0) is 11.8 Å². The number of carbonyl (C=O) groups is 1. The number of methoxy groups -OCH3 is 1. The fourth-order valence-electron chi connectivity index (χ4n) is 2.21. The number of aromatic nitrogens is 2. The third-order valence-electron chi connectivity index (χ3n) is 3.66. The largest absolute Gasteiger partial charge is 0.497 e. The molecule has 0 atom stereocenters. The van der Waals surface area contributed by atoms with Gasteiger partial charge in [-0.3, -0.25) is 9.59 Å². The average molecular weight is 288 g/mol. The van der Waals surface area contributed by atoms with Crippen LogP contribution in [-0.4, -0.2) is 22.6 Å². The number of rotatable bonds is 3. The van der Waals surface area contributed by atoms with Crippen molar-refractivity contribution in [3.05, 3.63) is 28.6 Å². The van der Waals surface area contributed by atoms with E-state index in [1.807, 2.05) is 0 Å². The third-order valence-corrected chi connectivity index (χ3v) is 3.66. The molecular formula is C14H16N4O3. The van der Waals surface area contributed by atoms with Crippen LogP contribution in [0.2, 0.25) is 0 Å². The molecule has 7 nitrogen and oxygen atoms in total. The number of ether oxygens (including phenoxy) is 1. The molecule has 0 radical (unpaired) electrons. The summed E-state index contributed by atoms with van der Waals surface area (Å²) in [7, 11) is 3.17. The Bertz CT molecular complexity index is 780. The Balaban J connectivity index is 2.15. The van der Waals surface area contributed by atoms with Gasteiger partial charge in [-0.05, 0) is 25.0 Å². The predicted octanol–water partition coefficient (Wildman–Crippen LogP) is 0.559. The minimum Gasteiger partial charge on any atom is -0.497 e. The summed E-state index contributed by atoms with van der Waals surface area (Å²) in [4.78, 5) is 28.6. The van der Waals surface area contributed by atoms with E-state index >= 15 is 0 Å². The van der Waals surface area contributed by atoms with E-state index in [0.29, 0.717) is 16.8 Å². The van der Waals surface area contributed by atoms with Crippen molar-refractivity contribution in [2.24, 2.45) is 18.8 Å². The normalized spacial score (nSPS) is 14.2. The van der Waals surface area contributed by atoms with Crippen molar-refractivity contribution in [2.75, 3.05) is 12.1 Å². The molecule has 1 heterocycles. The van der Waals surface area contributed by atoms with Gasteiger partial charge in [0.25, 0.3) is 5.56 Å². The molecule has 3 rings (SSSR count). The second-order valence-corrected chi connectivity index (χ2v) is 5.14.